The van der Waals surface area contributed by atoms with Crippen LogP contribution in [0.15, 0.2) is 18.3 Å². The van der Waals surface area contributed by atoms with Crippen molar-refractivity contribution in [2.75, 3.05) is 5.73 Å². The summed E-state index contributed by atoms with van der Waals surface area (Å²) in [6.45, 7) is 6.19. The highest BCUT2D eigenvalue weighted by atomic mass is 15.3. The lowest BCUT2D eigenvalue weighted by Gasteiger charge is -2.06. The Bertz CT molecular complexity index is 540. The van der Waals surface area contributed by atoms with Gasteiger partial charge in [-0.25, -0.2) is 0 Å². The van der Waals surface area contributed by atoms with Crippen molar-refractivity contribution in [2.45, 2.75) is 26.7 Å². The molecular weight excluding hydrogens is 212 g/mol. The van der Waals surface area contributed by atoms with Gasteiger partial charge in [0.1, 0.15) is 0 Å². The van der Waals surface area contributed by atoms with Crippen LogP contribution in [-0.4, -0.2) is 14.8 Å². The molecule has 2 rings (SSSR count). The van der Waals surface area contributed by atoms with Crippen LogP contribution in [0.3, 0.4) is 0 Å². The van der Waals surface area contributed by atoms with Crippen LogP contribution in [0.25, 0.3) is 11.3 Å². The molecule has 0 bridgehead atoms. The minimum absolute atomic E-state index is 0.380. The summed E-state index contributed by atoms with van der Waals surface area (Å²) in [5, 5.41) is 4.48. The monoisotopic (exact) mass is 230 g/mol. The van der Waals surface area contributed by atoms with E-state index in [2.05, 4.69) is 23.9 Å². The van der Waals surface area contributed by atoms with Crippen LogP contribution in [0, 0.1) is 6.92 Å². The molecule has 4 heteroatoms. The van der Waals surface area contributed by atoms with Crippen LogP contribution in [0.5, 0.6) is 0 Å². The number of nitrogens with two attached hydrogens (primary N) is 1. The zero-order valence-corrected chi connectivity index (χ0v) is 10.7. The second-order valence-corrected chi connectivity index (χ2v) is 4.63. The quantitative estimate of drug-likeness (QED) is 0.862. The maximum absolute atomic E-state index is 5.79. The van der Waals surface area contributed by atoms with Gasteiger partial charge in [-0.15, -0.1) is 0 Å². The smallest absolute Gasteiger partial charge is 0.0743 e. The largest absolute Gasteiger partial charge is 0.397 e. The van der Waals surface area contributed by atoms with Gasteiger partial charge in [0.15, 0.2) is 0 Å². The maximum atomic E-state index is 5.79. The molecule has 0 saturated heterocycles. The lowest BCUT2D eigenvalue weighted by molar-refractivity contribution is 0.713. The summed E-state index contributed by atoms with van der Waals surface area (Å²) in [4.78, 5) is 4.52. The third-order valence-corrected chi connectivity index (χ3v) is 2.81. The third kappa shape index (κ3) is 2.16. The minimum atomic E-state index is 0.380. The van der Waals surface area contributed by atoms with Gasteiger partial charge in [0.05, 0.1) is 22.8 Å². The average molecular weight is 230 g/mol. The Balaban J connectivity index is 2.55. The van der Waals surface area contributed by atoms with E-state index in [4.69, 9.17) is 5.73 Å². The highest BCUT2D eigenvalue weighted by molar-refractivity contribution is 5.64. The molecule has 2 aromatic heterocycles. The van der Waals surface area contributed by atoms with Gasteiger partial charge < -0.3 is 5.73 Å². The van der Waals surface area contributed by atoms with Gasteiger partial charge in [-0.2, -0.15) is 5.10 Å². The number of nitrogen functional groups attached to an aromatic ring is 1. The zero-order chi connectivity index (χ0) is 12.6. The normalized spacial score (nSPS) is 11.1. The van der Waals surface area contributed by atoms with Gasteiger partial charge in [0, 0.05) is 18.8 Å². The van der Waals surface area contributed by atoms with E-state index in [-0.39, 0.29) is 0 Å². The third-order valence-electron chi connectivity index (χ3n) is 2.81. The number of aromatic nitrogens is 3. The zero-order valence-electron chi connectivity index (χ0n) is 10.7. The predicted molar refractivity (Wildman–Crippen MR) is 69.7 cm³/mol. The lowest BCUT2D eigenvalue weighted by atomic mass is 10.0. The van der Waals surface area contributed by atoms with Crippen molar-refractivity contribution in [3.05, 3.63) is 29.7 Å². The fourth-order valence-electron chi connectivity index (χ4n) is 1.85. The molecule has 90 valence electrons. The van der Waals surface area contributed by atoms with Gasteiger partial charge in [-0.1, -0.05) is 13.8 Å². The molecule has 0 saturated carbocycles. The van der Waals surface area contributed by atoms with Crippen molar-refractivity contribution in [2.24, 2.45) is 7.05 Å². The molecule has 2 heterocycles. The highest BCUT2D eigenvalue weighted by Crippen LogP contribution is 2.27. The Morgan fingerprint density at radius 3 is 2.59 bits per heavy atom. The summed E-state index contributed by atoms with van der Waals surface area (Å²) in [6, 6.07) is 3.85. The summed E-state index contributed by atoms with van der Waals surface area (Å²) in [5.74, 6) is 0.380. The topological polar surface area (TPSA) is 56.7 Å². The van der Waals surface area contributed by atoms with Gasteiger partial charge >= 0.3 is 0 Å². The molecule has 0 atom stereocenters. The van der Waals surface area contributed by atoms with Crippen molar-refractivity contribution in [1.29, 1.82) is 0 Å². The first-order valence-electron chi connectivity index (χ1n) is 5.76. The number of pyridine rings is 1. The summed E-state index contributed by atoms with van der Waals surface area (Å²) < 4.78 is 1.83. The highest BCUT2D eigenvalue weighted by Gasteiger charge is 2.14. The standard InChI is InChI=1S/C13H18N4/c1-8(2)13-10(7-17(4)16-13)12-6-5-11(14)9(3)15-12/h5-8H,14H2,1-4H3. The SMILES string of the molecule is Cc1nc(-c2cn(C)nc2C(C)C)ccc1N. The first-order chi connectivity index (χ1) is 7.99. The minimum Gasteiger partial charge on any atom is -0.397 e. The molecule has 0 spiro atoms. The molecule has 2 aromatic rings. The van der Waals surface area contributed by atoms with Crippen molar-refractivity contribution < 1.29 is 0 Å². The van der Waals surface area contributed by atoms with E-state index < -0.39 is 0 Å². The summed E-state index contributed by atoms with van der Waals surface area (Å²) in [7, 11) is 1.93. The van der Waals surface area contributed by atoms with Crippen LogP contribution >= 0.6 is 0 Å². The first kappa shape index (κ1) is 11.6. The molecule has 0 aliphatic heterocycles. The number of hydrogen-bond donors (Lipinski definition) is 1. The Labute approximate surface area is 101 Å². The molecule has 0 aliphatic carbocycles. The summed E-state index contributed by atoms with van der Waals surface area (Å²) in [5.41, 5.74) is 10.5. The van der Waals surface area contributed by atoms with E-state index in [1.165, 1.54) is 0 Å². The molecular formula is C13H18N4. The van der Waals surface area contributed by atoms with Crippen LogP contribution in [0.2, 0.25) is 0 Å². The van der Waals surface area contributed by atoms with Gasteiger partial charge in [-0.05, 0) is 25.0 Å². The Kier molecular flexibility index (Phi) is 2.88. The predicted octanol–water partition coefficient (Wildman–Crippen LogP) is 2.50. The second kappa shape index (κ2) is 4.20. The fraction of sp³-hybridized carbons (Fsp3) is 0.385. The molecule has 0 aromatic carbocycles. The van der Waals surface area contributed by atoms with E-state index >= 15 is 0 Å². The molecule has 0 radical (unpaired) electrons. The first-order valence-corrected chi connectivity index (χ1v) is 5.76. The van der Waals surface area contributed by atoms with Gasteiger partial charge in [0.2, 0.25) is 0 Å². The van der Waals surface area contributed by atoms with E-state index in [0.717, 1.165) is 28.3 Å². The van der Waals surface area contributed by atoms with Crippen molar-refractivity contribution in [3.63, 3.8) is 0 Å². The number of rotatable bonds is 2. The van der Waals surface area contributed by atoms with Gasteiger partial charge in [0.25, 0.3) is 0 Å². The van der Waals surface area contributed by atoms with Gasteiger partial charge in [-0.3, -0.25) is 9.67 Å². The molecule has 4 nitrogen and oxygen atoms in total. The maximum Gasteiger partial charge on any atom is 0.0743 e. The van der Waals surface area contributed by atoms with Crippen molar-refractivity contribution in [3.8, 4) is 11.3 Å². The second-order valence-electron chi connectivity index (χ2n) is 4.63. The summed E-state index contributed by atoms with van der Waals surface area (Å²) >= 11 is 0. The number of nitrogens with zero attached hydrogens (tertiary/aromatic N) is 3. The van der Waals surface area contributed by atoms with Crippen LogP contribution in [-0.2, 0) is 7.05 Å². The van der Waals surface area contributed by atoms with Crippen LogP contribution in [0.1, 0.15) is 31.2 Å². The Morgan fingerprint density at radius 1 is 1.29 bits per heavy atom. The van der Waals surface area contributed by atoms with Crippen molar-refractivity contribution in [1.82, 2.24) is 14.8 Å². The average Bonchev–Trinajstić information content (AvgIpc) is 2.64. The Morgan fingerprint density at radius 2 is 2.00 bits per heavy atom. The molecule has 0 aliphatic rings. The van der Waals surface area contributed by atoms with E-state index in [1.54, 1.807) is 0 Å². The molecule has 0 amide bonds. The van der Waals surface area contributed by atoms with E-state index in [1.807, 2.05) is 37.0 Å². The Hall–Kier alpha value is -1.84. The summed E-state index contributed by atoms with van der Waals surface area (Å²) in [6.07, 6.45) is 2.01. The fourth-order valence-corrected chi connectivity index (χ4v) is 1.85. The number of hydrogen-bond acceptors (Lipinski definition) is 3. The van der Waals surface area contributed by atoms with Crippen LogP contribution < -0.4 is 5.73 Å². The van der Waals surface area contributed by atoms with Crippen LogP contribution in [0.4, 0.5) is 5.69 Å². The molecule has 0 unspecified atom stereocenters. The molecule has 17 heavy (non-hydrogen) atoms. The van der Waals surface area contributed by atoms with E-state index in [0.29, 0.717) is 5.92 Å². The molecule has 0 fully saturated rings. The number of aryl methyl sites for hydroxylation is 2. The molecule has 2 N–H and O–H groups in total. The van der Waals surface area contributed by atoms with Crippen molar-refractivity contribution >= 4 is 5.69 Å². The lowest BCUT2D eigenvalue weighted by Crippen LogP contribution is -1.97. The number of anilines is 1. The van der Waals surface area contributed by atoms with E-state index in [9.17, 15) is 0 Å².